The fraction of sp³-hybridized carbons (Fsp3) is 0.321. The minimum Gasteiger partial charge on any atom is -0.478 e. The highest BCUT2D eigenvalue weighted by Crippen LogP contribution is 2.61. The van der Waals surface area contributed by atoms with Gasteiger partial charge in [0.05, 0.1) is 17.3 Å². The van der Waals surface area contributed by atoms with Gasteiger partial charge in [-0.15, -0.1) is 0 Å². The lowest BCUT2D eigenvalue weighted by atomic mass is 9.74. The van der Waals surface area contributed by atoms with Crippen LogP contribution in [0, 0.1) is 5.82 Å². The summed E-state index contributed by atoms with van der Waals surface area (Å²) in [5, 5.41) is 12.9. The van der Waals surface area contributed by atoms with Crippen molar-refractivity contribution in [3.63, 3.8) is 0 Å². The predicted octanol–water partition coefficient (Wildman–Crippen LogP) is 7.08. The summed E-state index contributed by atoms with van der Waals surface area (Å²) in [6, 6.07) is 17.4. The second kappa shape index (κ2) is 7.47. The molecule has 1 aliphatic carbocycles. The van der Waals surface area contributed by atoms with Crippen LogP contribution in [0.25, 0.3) is 11.1 Å². The van der Waals surface area contributed by atoms with E-state index in [9.17, 15) is 9.90 Å². The molecule has 0 aromatic heterocycles. The molecule has 32 heavy (non-hydrogen) atoms. The normalized spacial score (nSPS) is 19.8. The Bertz CT molecular complexity index is 1210. The number of benzene rings is 3. The largest absolute Gasteiger partial charge is 0.478 e. The van der Waals surface area contributed by atoms with Crippen molar-refractivity contribution in [1.29, 1.82) is 0 Å². The van der Waals surface area contributed by atoms with Crippen molar-refractivity contribution in [3.8, 4) is 11.1 Å². The second-order valence-corrected chi connectivity index (χ2v) is 9.62. The molecular formula is C28H28FNO2. The minimum atomic E-state index is -0.926. The van der Waals surface area contributed by atoms with Gasteiger partial charge in [0.2, 0.25) is 0 Å². The SMILES string of the molecule is CCCCc1ccc(-c2ccc3c(c2F)NC2c4ccc(C(=O)O)cc4C(C)(C)C32)cc1. The topological polar surface area (TPSA) is 49.3 Å². The third-order valence-corrected chi connectivity index (χ3v) is 7.33. The van der Waals surface area contributed by atoms with Crippen LogP contribution in [0.4, 0.5) is 10.1 Å². The van der Waals surface area contributed by atoms with Gasteiger partial charge in [0, 0.05) is 11.5 Å². The number of unbranched alkanes of at least 4 members (excludes halogenated alkanes) is 1. The van der Waals surface area contributed by atoms with Crippen molar-refractivity contribution in [1.82, 2.24) is 0 Å². The zero-order valence-electron chi connectivity index (χ0n) is 18.7. The van der Waals surface area contributed by atoms with E-state index >= 15 is 4.39 Å². The van der Waals surface area contributed by atoms with E-state index in [0.29, 0.717) is 16.8 Å². The molecule has 3 aromatic rings. The molecule has 0 spiro atoms. The van der Waals surface area contributed by atoms with Crippen molar-refractivity contribution >= 4 is 11.7 Å². The summed E-state index contributed by atoms with van der Waals surface area (Å²) in [5.74, 6) is -1.08. The van der Waals surface area contributed by atoms with Crippen molar-refractivity contribution in [2.24, 2.45) is 0 Å². The molecule has 2 N–H and O–H groups in total. The maximum atomic E-state index is 15.7. The molecule has 164 valence electrons. The van der Waals surface area contributed by atoms with Gasteiger partial charge in [-0.2, -0.15) is 0 Å². The zero-order valence-corrected chi connectivity index (χ0v) is 18.7. The van der Waals surface area contributed by atoms with Crippen LogP contribution in [0.5, 0.6) is 0 Å². The lowest BCUT2D eigenvalue weighted by Gasteiger charge is -2.28. The number of halogens is 1. The third-order valence-electron chi connectivity index (χ3n) is 7.33. The van der Waals surface area contributed by atoms with Gasteiger partial charge in [-0.1, -0.05) is 69.7 Å². The Morgan fingerprint density at radius 1 is 1.06 bits per heavy atom. The molecule has 3 aromatic carbocycles. The van der Waals surface area contributed by atoms with E-state index < -0.39 is 5.97 Å². The maximum Gasteiger partial charge on any atom is 0.335 e. The van der Waals surface area contributed by atoms with Crippen molar-refractivity contribution in [3.05, 3.63) is 88.2 Å². The molecule has 3 nitrogen and oxygen atoms in total. The number of aromatic carboxylic acids is 1. The first-order chi connectivity index (χ1) is 15.3. The molecule has 0 fully saturated rings. The summed E-state index contributed by atoms with van der Waals surface area (Å²) >= 11 is 0. The molecule has 0 saturated carbocycles. The smallest absolute Gasteiger partial charge is 0.335 e. The van der Waals surface area contributed by atoms with Crippen LogP contribution in [-0.4, -0.2) is 11.1 Å². The van der Waals surface area contributed by atoms with Gasteiger partial charge in [-0.05, 0) is 58.2 Å². The Labute approximate surface area is 188 Å². The summed E-state index contributed by atoms with van der Waals surface area (Å²) in [4.78, 5) is 11.5. The number of hydrogen-bond acceptors (Lipinski definition) is 2. The maximum absolute atomic E-state index is 15.7. The highest BCUT2D eigenvalue weighted by Gasteiger charge is 2.52. The Morgan fingerprint density at radius 3 is 2.47 bits per heavy atom. The Kier molecular flexibility index (Phi) is 4.85. The molecule has 0 radical (unpaired) electrons. The third kappa shape index (κ3) is 3.04. The first-order valence-corrected chi connectivity index (χ1v) is 11.4. The van der Waals surface area contributed by atoms with Crippen LogP contribution in [0.3, 0.4) is 0 Å². The molecule has 5 rings (SSSR count). The van der Waals surface area contributed by atoms with Crippen LogP contribution in [0.2, 0.25) is 0 Å². The molecule has 2 aliphatic rings. The van der Waals surface area contributed by atoms with Crippen LogP contribution in [0.15, 0.2) is 54.6 Å². The highest BCUT2D eigenvalue weighted by molar-refractivity contribution is 5.88. The van der Waals surface area contributed by atoms with Gasteiger partial charge in [0.15, 0.2) is 5.82 Å². The van der Waals surface area contributed by atoms with Crippen LogP contribution in [-0.2, 0) is 11.8 Å². The molecule has 0 bridgehead atoms. The number of fused-ring (bicyclic) bond motifs is 5. The number of carboxylic acids is 1. The Balaban J connectivity index is 1.52. The number of anilines is 1. The summed E-state index contributed by atoms with van der Waals surface area (Å²) in [6.45, 7) is 6.43. The number of aryl methyl sites for hydroxylation is 1. The molecule has 0 saturated heterocycles. The number of nitrogens with one attached hydrogen (secondary N) is 1. The van der Waals surface area contributed by atoms with E-state index in [0.717, 1.165) is 41.5 Å². The highest BCUT2D eigenvalue weighted by atomic mass is 19.1. The van der Waals surface area contributed by atoms with E-state index in [4.69, 9.17) is 0 Å². The summed E-state index contributed by atoms with van der Waals surface area (Å²) in [6.07, 6.45) is 3.36. The van der Waals surface area contributed by atoms with E-state index in [2.05, 4.69) is 38.2 Å². The molecule has 4 heteroatoms. The Hall–Kier alpha value is -3.14. The number of hydrogen-bond donors (Lipinski definition) is 2. The fourth-order valence-corrected chi connectivity index (χ4v) is 5.62. The standard InChI is InChI=1S/C28H28FNO2/c1-4-5-6-16-7-9-17(10-8-16)19-13-14-21-23-25(30-26(21)24(19)29)20-12-11-18(27(31)32)15-22(20)28(23,2)3/h7-15,23,25,30H,4-6H2,1-3H3,(H,31,32). The minimum absolute atomic E-state index is 0.0523. The van der Waals surface area contributed by atoms with E-state index in [-0.39, 0.29) is 23.2 Å². The molecule has 1 heterocycles. The second-order valence-electron chi connectivity index (χ2n) is 9.62. The molecule has 1 aliphatic heterocycles. The summed E-state index contributed by atoms with van der Waals surface area (Å²) in [5.41, 5.74) is 6.39. The first kappa shape index (κ1) is 20.7. The van der Waals surface area contributed by atoms with Gasteiger partial charge in [-0.25, -0.2) is 9.18 Å². The van der Waals surface area contributed by atoms with Crippen LogP contribution < -0.4 is 5.32 Å². The van der Waals surface area contributed by atoms with Gasteiger partial charge in [0.1, 0.15) is 0 Å². The van der Waals surface area contributed by atoms with E-state index in [1.807, 2.05) is 30.3 Å². The van der Waals surface area contributed by atoms with Gasteiger partial charge in [0.25, 0.3) is 0 Å². The predicted molar refractivity (Wildman–Crippen MR) is 126 cm³/mol. The van der Waals surface area contributed by atoms with E-state index in [1.54, 1.807) is 12.1 Å². The first-order valence-electron chi connectivity index (χ1n) is 11.4. The lowest BCUT2D eigenvalue weighted by Crippen LogP contribution is -2.22. The summed E-state index contributed by atoms with van der Waals surface area (Å²) in [7, 11) is 0. The number of carboxylic acid groups (broad SMARTS) is 1. The quantitative estimate of drug-likeness (QED) is 0.456. The molecular weight excluding hydrogens is 401 g/mol. The Morgan fingerprint density at radius 2 is 1.78 bits per heavy atom. The molecule has 0 amide bonds. The lowest BCUT2D eigenvalue weighted by molar-refractivity contribution is 0.0696. The van der Waals surface area contributed by atoms with Gasteiger partial charge < -0.3 is 10.4 Å². The average molecular weight is 430 g/mol. The number of carbonyl (C=O) groups is 1. The van der Waals surface area contributed by atoms with Crippen LogP contribution >= 0.6 is 0 Å². The fourth-order valence-electron chi connectivity index (χ4n) is 5.62. The average Bonchev–Trinajstić information content (AvgIpc) is 3.28. The number of rotatable bonds is 5. The van der Waals surface area contributed by atoms with E-state index in [1.165, 1.54) is 5.56 Å². The van der Waals surface area contributed by atoms with Gasteiger partial charge >= 0.3 is 5.97 Å². The van der Waals surface area contributed by atoms with Crippen molar-refractivity contribution in [2.45, 2.75) is 57.4 Å². The van der Waals surface area contributed by atoms with Crippen LogP contribution in [0.1, 0.15) is 78.2 Å². The molecule has 2 unspecified atom stereocenters. The summed E-state index contributed by atoms with van der Waals surface area (Å²) < 4.78 is 15.7. The van der Waals surface area contributed by atoms with Gasteiger partial charge in [-0.3, -0.25) is 0 Å². The van der Waals surface area contributed by atoms with Crippen molar-refractivity contribution in [2.75, 3.05) is 5.32 Å². The monoisotopic (exact) mass is 429 g/mol. The molecule has 2 atom stereocenters. The zero-order chi connectivity index (χ0) is 22.6. The van der Waals surface area contributed by atoms with Crippen molar-refractivity contribution < 1.29 is 14.3 Å².